The highest BCUT2D eigenvalue weighted by Gasteiger charge is 2.18. The average Bonchev–Trinajstić information content (AvgIpc) is 3.30. The molecular weight excluding hydrogens is 453 g/mol. The van der Waals surface area contributed by atoms with E-state index < -0.39 is 0 Å². The Balaban J connectivity index is 1.44. The monoisotopic (exact) mass is 485 g/mol. The topological polar surface area (TPSA) is 39.5 Å². The molecule has 1 aromatic heterocycles. The molecule has 0 spiro atoms. The molecule has 0 aliphatic carbocycles. The van der Waals surface area contributed by atoms with Crippen LogP contribution in [0.1, 0.15) is 36.6 Å². The van der Waals surface area contributed by atoms with Gasteiger partial charge in [-0.1, -0.05) is 49.7 Å². The first-order valence-corrected chi connectivity index (χ1v) is 12.6. The SMILES string of the molecule is CCCCn1c(CN(Cc2ccccc2)Cc2ccc3c(c2)OCCO3)cnc1-c1ccc(F)cc1. The van der Waals surface area contributed by atoms with Gasteiger partial charge in [-0.25, -0.2) is 9.37 Å². The van der Waals surface area contributed by atoms with Crippen molar-refractivity contribution in [2.75, 3.05) is 13.2 Å². The van der Waals surface area contributed by atoms with Gasteiger partial charge in [-0.2, -0.15) is 0 Å². The summed E-state index contributed by atoms with van der Waals surface area (Å²) in [7, 11) is 0. The maximum Gasteiger partial charge on any atom is 0.161 e. The van der Waals surface area contributed by atoms with Crippen molar-refractivity contribution in [2.45, 2.75) is 45.9 Å². The van der Waals surface area contributed by atoms with E-state index in [0.29, 0.717) is 13.2 Å². The number of hydrogen-bond donors (Lipinski definition) is 0. The van der Waals surface area contributed by atoms with Gasteiger partial charge in [-0.3, -0.25) is 4.90 Å². The standard InChI is InChI=1S/C30H32FN3O2/c1-2-3-15-34-27(19-32-30(34)25-10-12-26(31)13-11-25)22-33(20-23-7-5-4-6-8-23)21-24-9-14-28-29(18-24)36-17-16-35-28/h4-14,18-19H,2-3,15-17,20-22H2,1H3. The molecule has 0 radical (unpaired) electrons. The quantitative estimate of drug-likeness (QED) is 0.258. The number of benzene rings is 3. The first kappa shape index (κ1) is 24.1. The van der Waals surface area contributed by atoms with Crippen LogP contribution in [0.25, 0.3) is 11.4 Å². The van der Waals surface area contributed by atoms with Crippen LogP contribution in [0.2, 0.25) is 0 Å². The van der Waals surface area contributed by atoms with E-state index in [-0.39, 0.29) is 5.82 Å². The Hall–Kier alpha value is -3.64. The van der Waals surface area contributed by atoms with E-state index in [1.807, 2.05) is 18.3 Å². The highest BCUT2D eigenvalue weighted by atomic mass is 19.1. The van der Waals surface area contributed by atoms with E-state index in [1.54, 1.807) is 12.1 Å². The van der Waals surface area contributed by atoms with Crippen molar-refractivity contribution in [3.63, 3.8) is 0 Å². The van der Waals surface area contributed by atoms with Gasteiger partial charge in [-0.05, 0) is 53.9 Å². The lowest BCUT2D eigenvalue weighted by Crippen LogP contribution is -2.24. The second-order valence-corrected chi connectivity index (χ2v) is 9.19. The average molecular weight is 486 g/mol. The lowest BCUT2D eigenvalue weighted by atomic mass is 10.1. The van der Waals surface area contributed by atoms with E-state index in [0.717, 1.165) is 67.6 Å². The van der Waals surface area contributed by atoms with Crippen LogP contribution >= 0.6 is 0 Å². The summed E-state index contributed by atoms with van der Waals surface area (Å²) in [5.41, 5.74) is 4.51. The van der Waals surface area contributed by atoms with E-state index in [2.05, 4.69) is 52.8 Å². The van der Waals surface area contributed by atoms with Crippen molar-refractivity contribution in [1.29, 1.82) is 0 Å². The van der Waals surface area contributed by atoms with E-state index >= 15 is 0 Å². The van der Waals surface area contributed by atoms with Gasteiger partial charge in [-0.15, -0.1) is 0 Å². The summed E-state index contributed by atoms with van der Waals surface area (Å²) < 4.78 is 27.4. The van der Waals surface area contributed by atoms with Gasteiger partial charge in [0.15, 0.2) is 11.5 Å². The van der Waals surface area contributed by atoms with E-state index in [1.165, 1.54) is 23.3 Å². The van der Waals surface area contributed by atoms with Crippen LogP contribution in [0.5, 0.6) is 11.5 Å². The lowest BCUT2D eigenvalue weighted by molar-refractivity contribution is 0.170. The Kier molecular flexibility index (Phi) is 7.62. The maximum atomic E-state index is 13.6. The van der Waals surface area contributed by atoms with Gasteiger partial charge in [0, 0.05) is 31.7 Å². The molecule has 2 heterocycles. The molecule has 0 amide bonds. The molecule has 36 heavy (non-hydrogen) atoms. The van der Waals surface area contributed by atoms with Crippen molar-refractivity contribution < 1.29 is 13.9 Å². The molecule has 5 nitrogen and oxygen atoms in total. The minimum Gasteiger partial charge on any atom is -0.486 e. The van der Waals surface area contributed by atoms with Gasteiger partial charge in [0.1, 0.15) is 24.9 Å². The van der Waals surface area contributed by atoms with Gasteiger partial charge in [0.2, 0.25) is 0 Å². The molecule has 1 aliphatic heterocycles. The van der Waals surface area contributed by atoms with Crippen molar-refractivity contribution >= 4 is 0 Å². The largest absolute Gasteiger partial charge is 0.486 e. The molecule has 0 unspecified atom stereocenters. The normalized spacial score (nSPS) is 12.8. The Morgan fingerprint density at radius 1 is 0.861 bits per heavy atom. The number of hydrogen-bond acceptors (Lipinski definition) is 4. The van der Waals surface area contributed by atoms with Crippen molar-refractivity contribution in [1.82, 2.24) is 14.5 Å². The third kappa shape index (κ3) is 5.77. The van der Waals surface area contributed by atoms with Crippen LogP contribution in [-0.2, 0) is 26.2 Å². The van der Waals surface area contributed by atoms with Gasteiger partial charge < -0.3 is 14.0 Å². The van der Waals surface area contributed by atoms with Gasteiger partial charge in [0.05, 0.1) is 11.9 Å². The van der Waals surface area contributed by atoms with Gasteiger partial charge >= 0.3 is 0 Å². The fraction of sp³-hybridized carbons (Fsp3) is 0.300. The predicted molar refractivity (Wildman–Crippen MR) is 139 cm³/mol. The van der Waals surface area contributed by atoms with E-state index in [4.69, 9.17) is 14.5 Å². The Labute approximate surface area is 212 Å². The second-order valence-electron chi connectivity index (χ2n) is 9.19. The van der Waals surface area contributed by atoms with Crippen molar-refractivity contribution in [2.24, 2.45) is 0 Å². The molecule has 0 bridgehead atoms. The minimum atomic E-state index is -0.237. The molecule has 0 atom stereocenters. The summed E-state index contributed by atoms with van der Waals surface area (Å²) >= 11 is 0. The van der Waals surface area contributed by atoms with Crippen LogP contribution in [0.15, 0.2) is 79.0 Å². The molecule has 0 fully saturated rings. The third-order valence-electron chi connectivity index (χ3n) is 6.42. The zero-order valence-electron chi connectivity index (χ0n) is 20.7. The number of halogens is 1. The predicted octanol–water partition coefficient (Wildman–Crippen LogP) is 6.46. The highest BCUT2D eigenvalue weighted by molar-refractivity contribution is 5.56. The molecule has 0 saturated carbocycles. The molecule has 5 rings (SSSR count). The molecule has 186 valence electrons. The number of ether oxygens (including phenoxy) is 2. The summed E-state index contributed by atoms with van der Waals surface area (Å²) in [5, 5.41) is 0. The smallest absolute Gasteiger partial charge is 0.161 e. The number of fused-ring (bicyclic) bond motifs is 1. The van der Waals surface area contributed by atoms with Crippen molar-refractivity contribution in [3.8, 4) is 22.9 Å². The third-order valence-corrected chi connectivity index (χ3v) is 6.42. The molecule has 6 heteroatoms. The van der Waals surface area contributed by atoms with Crippen LogP contribution in [-0.4, -0.2) is 27.7 Å². The molecule has 4 aromatic rings. The number of nitrogens with zero attached hydrogens (tertiary/aromatic N) is 3. The maximum absolute atomic E-state index is 13.6. The Morgan fingerprint density at radius 2 is 1.61 bits per heavy atom. The number of aromatic nitrogens is 2. The number of imidazole rings is 1. The van der Waals surface area contributed by atoms with Gasteiger partial charge in [0.25, 0.3) is 0 Å². The van der Waals surface area contributed by atoms with Crippen molar-refractivity contribution in [3.05, 3.63) is 102 Å². The summed E-state index contributed by atoms with van der Waals surface area (Å²) in [6, 6.07) is 23.3. The summed E-state index contributed by atoms with van der Waals surface area (Å²) in [5.74, 6) is 2.27. The summed E-state index contributed by atoms with van der Waals surface area (Å²) in [6.07, 6.45) is 4.11. The first-order chi connectivity index (χ1) is 17.7. The molecule has 0 saturated heterocycles. The number of unbranched alkanes of at least 4 members (excludes halogenated alkanes) is 1. The van der Waals surface area contributed by atoms with Crippen LogP contribution < -0.4 is 9.47 Å². The first-order valence-electron chi connectivity index (χ1n) is 12.6. The minimum absolute atomic E-state index is 0.237. The molecule has 0 N–H and O–H groups in total. The highest BCUT2D eigenvalue weighted by Crippen LogP contribution is 2.31. The van der Waals surface area contributed by atoms with Crippen LogP contribution in [0, 0.1) is 5.82 Å². The fourth-order valence-corrected chi connectivity index (χ4v) is 4.62. The zero-order chi connectivity index (χ0) is 24.7. The molecular formula is C30H32FN3O2. The number of rotatable bonds is 10. The Morgan fingerprint density at radius 3 is 2.39 bits per heavy atom. The van der Waals surface area contributed by atoms with Crippen LogP contribution in [0.3, 0.4) is 0 Å². The summed E-state index contributed by atoms with van der Waals surface area (Å²) in [4.78, 5) is 7.20. The zero-order valence-corrected chi connectivity index (χ0v) is 20.7. The Bertz CT molecular complexity index is 1270. The molecule has 3 aromatic carbocycles. The summed E-state index contributed by atoms with van der Waals surface area (Å²) in [6.45, 7) is 6.54. The fourth-order valence-electron chi connectivity index (χ4n) is 4.62. The van der Waals surface area contributed by atoms with E-state index in [9.17, 15) is 4.39 Å². The van der Waals surface area contributed by atoms with Crippen LogP contribution in [0.4, 0.5) is 4.39 Å². The lowest BCUT2D eigenvalue weighted by Gasteiger charge is -2.25. The second kappa shape index (κ2) is 11.4. The molecule has 1 aliphatic rings.